The van der Waals surface area contributed by atoms with Gasteiger partial charge >= 0.3 is 0 Å². The zero-order valence-corrected chi connectivity index (χ0v) is 10.7. The molecule has 1 unspecified atom stereocenters. The van der Waals surface area contributed by atoms with E-state index in [4.69, 9.17) is 0 Å². The number of rotatable bonds is 5. The van der Waals surface area contributed by atoms with Crippen molar-refractivity contribution in [1.82, 2.24) is 0 Å². The monoisotopic (exact) mass is 274 g/mol. The van der Waals surface area contributed by atoms with E-state index >= 15 is 0 Å². The highest BCUT2D eigenvalue weighted by Crippen LogP contribution is 2.17. The molecule has 78 valence electrons. The smallest absolute Gasteiger partial charge is 0.0237 e. The molecule has 3 heteroatoms. The minimum Gasteiger partial charge on any atom is -0.260 e. The van der Waals surface area contributed by atoms with Crippen LogP contribution in [-0.4, -0.2) is 15.7 Å². The number of hydrogen-bond donors (Lipinski definition) is 0. The summed E-state index contributed by atoms with van der Waals surface area (Å²) in [6, 6.07) is 8.21. The molecule has 0 spiro atoms. The summed E-state index contributed by atoms with van der Waals surface area (Å²) in [6.45, 7) is 1.97. The van der Waals surface area contributed by atoms with Gasteiger partial charge in [0.05, 0.1) is 0 Å². The Morgan fingerprint density at radius 3 is 2.71 bits per heavy atom. The number of hydrogen-bond acceptors (Lipinski definition) is 1. The highest BCUT2D eigenvalue weighted by Gasteiger charge is 2.00. The van der Waals surface area contributed by atoms with Gasteiger partial charge in [-0.15, -0.1) is 0 Å². The fourth-order valence-corrected chi connectivity index (χ4v) is 2.51. The Hall–Kier alpha value is -0.150. The molecule has 1 rings (SSSR count). The number of benzene rings is 1. The van der Waals surface area contributed by atoms with Crippen molar-refractivity contribution in [2.24, 2.45) is 0 Å². The highest BCUT2D eigenvalue weighted by molar-refractivity contribution is 9.10. The quantitative estimate of drug-likeness (QED) is 0.806. The lowest BCUT2D eigenvalue weighted by Crippen LogP contribution is -2.01. The molecule has 0 saturated carbocycles. The molecular weight excluding hydrogens is 260 g/mol. The molecule has 0 bridgehead atoms. The summed E-state index contributed by atoms with van der Waals surface area (Å²) in [5, 5.41) is 0. The zero-order chi connectivity index (χ0) is 10.4. The lowest BCUT2D eigenvalue weighted by Gasteiger charge is -2.03. The molecule has 0 aliphatic rings. The molecule has 1 aromatic rings. The Morgan fingerprint density at radius 1 is 1.36 bits per heavy atom. The van der Waals surface area contributed by atoms with Crippen LogP contribution in [0.15, 0.2) is 28.7 Å². The standard InChI is InChI=1S/C11H15BrOS/c1-2-14(13)9-5-7-10-6-3-4-8-11(10)12/h3-4,6,8H,2,5,7,9H2,1H3. The molecule has 0 N–H and O–H groups in total. The van der Waals surface area contributed by atoms with Crippen LogP contribution in [0.2, 0.25) is 0 Å². The second-order valence-corrected chi connectivity index (χ2v) is 5.85. The Kier molecular flexibility index (Phi) is 5.41. The van der Waals surface area contributed by atoms with Crippen molar-refractivity contribution in [3.8, 4) is 0 Å². The average molecular weight is 275 g/mol. The van der Waals surface area contributed by atoms with Gasteiger partial charge in [-0.05, 0) is 24.5 Å². The van der Waals surface area contributed by atoms with Gasteiger partial charge in [0.15, 0.2) is 0 Å². The first-order valence-electron chi connectivity index (χ1n) is 4.82. The third-order valence-corrected chi connectivity index (χ3v) is 4.26. The van der Waals surface area contributed by atoms with E-state index in [1.165, 1.54) is 5.56 Å². The van der Waals surface area contributed by atoms with E-state index in [1.807, 2.05) is 25.1 Å². The summed E-state index contributed by atoms with van der Waals surface area (Å²) in [6.07, 6.45) is 2.01. The topological polar surface area (TPSA) is 17.1 Å². The molecule has 0 heterocycles. The van der Waals surface area contributed by atoms with Gasteiger partial charge in [-0.25, -0.2) is 0 Å². The molecule has 0 fully saturated rings. The summed E-state index contributed by atoms with van der Waals surface area (Å²) in [4.78, 5) is 0. The first-order chi connectivity index (χ1) is 6.74. The van der Waals surface area contributed by atoms with Crippen LogP contribution in [0.4, 0.5) is 0 Å². The fraction of sp³-hybridized carbons (Fsp3) is 0.455. The average Bonchev–Trinajstić information content (AvgIpc) is 2.20. The van der Waals surface area contributed by atoms with Gasteiger partial charge in [0.25, 0.3) is 0 Å². The lowest BCUT2D eigenvalue weighted by molar-refractivity contribution is 0.681. The van der Waals surface area contributed by atoms with Crippen molar-refractivity contribution >= 4 is 26.7 Å². The minimum atomic E-state index is -0.623. The SMILES string of the molecule is CCS(=O)CCCc1ccccc1Br. The van der Waals surface area contributed by atoms with Crippen molar-refractivity contribution in [2.75, 3.05) is 11.5 Å². The van der Waals surface area contributed by atoms with Gasteiger partial charge in [-0.1, -0.05) is 41.1 Å². The van der Waals surface area contributed by atoms with E-state index in [2.05, 4.69) is 22.0 Å². The van der Waals surface area contributed by atoms with Gasteiger partial charge in [0.2, 0.25) is 0 Å². The van der Waals surface area contributed by atoms with Crippen molar-refractivity contribution in [1.29, 1.82) is 0 Å². The summed E-state index contributed by atoms with van der Waals surface area (Å²) in [5.41, 5.74) is 1.31. The second kappa shape index (κ2) is 6.36. The van der Waals surface area contributed by atoms with Crippen molar-refractivity contribution in [3.63, 3.8) is 0 Å². The summed E-state index contributed by atoms with van der Waals surface area (Å²) < 4.78 is 12.3. The number of aryl methyl sites for hydroxylation is 1. The Morgan fingerprint density at radius 2 is 2.07 bits per heavy atom. The van der Waals surface area contributed by atoms with Crippen LogP contribution < -0.4 is 0 Å². The molecule has 0 aliphatic heterocycles. The predicted octanol–water partition coefficient (Wildman–Crippen LogP) is 3.15. The molecule has 1 atom stereocenters. The fourth-order valence-electron chi connectivity index (χ4n) is 1.27. The van der Waals surface area contributed by atoms with E-state index in [0.717, 1.165) is 28.8 Å². The van der Waals surface area contributed by atoms with Crippen LogP contribution in [-0.2, 0) is 17.2 Å². The second-order valence-electron chi connectivity index (χ2n) is 3.13. The van der Waals surface area contributed by atoms with Crippen LogP contribution in [0.1, 0.15) is 18.9 Å². The third-order valence-electron chi connectivity index (χ3n) is 2.10. The molecule has 0 amide bonds. The summed E-state index contributed by atoms with van der Waals surface area (Å²) in [5.74, 6) is 1.59. The molecule has 0 radical (unpaired) electrons. The Labute approximate surface area is 96.5 Å². The van der Waals surface area contributed by atoms with E-state index in [9.17, 15) is 4.21 Å². The maximum Gasteiger partial charge on any atom is 0.0237 e. The van der Waals surface area contributed by atoms with Crippen molar-refractivity contribution in [3.05, 3.63) is 34.3 Å². The minimum absolute atomic E-state index is 0.623. The van der Waals surface area contributed by atoms with Gasteiger partial charge in [-0.2, -0.15) is 0 Å². The molecule has 1 aromatic carbocycles. The van der Waals surface area contributed by atoms with Gasteiger partial charge < -0.3 is 0 Å². The Balaban J connectivity index is 2.39. The third kappa shape index (κ3) is 3.93. The maximum absolute atomic E-state index is 11.2. The van der Waals surface area contributed by atoms with Crippen molar-refractivity contribution in [2.45, 2.75) is 19.8 Å². The maximum atomic E-state index is 11.2. The van der Waals surface area contributed by atoms with Crippen LogP contribution in [0, 0.1) is 0 Å². The molecule has 0 saturated heterocycles. The number of halogens is 1. The summed E-state index contributed by atoms with van der Waals surface area (Å²) in [7, 11) is -0.623. The van der Waals surface area contributed by atoms with Crippen molar-refractivity contribution < 1.29 is 4.21 Å². The van der Waals surface area contributed by atoms with Crippen LogP contribution in [0.25, 0.3) is 0 Å². The first kappa shape index (κ1) is 11.9. The normalized spacial score (nSPS) is 12.7. The lowest BCUT2D eigenvalue weighted by atomic mass is 10.1. The van der Waals surface area contributed by atoms with E-state index in [0.29, 0.717) is 0 Å². The van der Waals surface area contributed by atoms with E-state index in [-0.39, 0.29) is 0 Å². The first-order valence-corrected chi connectivity index (χ1v) is 7.10. The van der Waals surface area contributed by atoms with Crippen LogP contribution in [0.5, 0.6) is 0 Å². The van der Waals surface area contributed by atoms with Gasteiger partial charge in [0, 0.05) is 26.8 Å². The molecular formula is C11H15BrOS. The van der Waals surface area contributed by atoms with E-state index < -0.39 is 10.8 Å². The molecule has 14 heavy (non-hydrogen) atoms. The predicted molar refractivity (Wildman–Crippen MR) is 66.0 cm³/mol. The van der Waals surface area contributed by atoms with Gasteiger partial charge in [0.1, 0.15) is 0 Å². The van der Waals surface area contributed by atoms with Crippen LogP contribution >= 0.6 is 15.9 Å². The molecule has 0 aromatic heterocycles. The molecule has 0 aliphatic carbocycles. The summed E-state index contributed by atoms with van der Waals surface area (Å²) >= 11 is 3.50. The Bertz CT molecular complexity index is 312. The molecule has 1 nitrogen and oxygen atoms in total. The highest BCUT2D eigenvalue weighted by atomic mass is 79.9. The van der Waals surface area contributed by atoms with Crippen LogP contribution in [0.3, 0.4) is 0 Å². The van der Waals surface area contributed by atoms with E-state index in [1.54, 1.807) is 0 Å². The van der Waals surface area contributed by atoms with Gasteiger partial charge in [-0.3, -0.25) is 4.21 Å². The zero-order valence-electron chi connectivity index (χ0n) is 8.33. The largest absolute Gasteiger partial charge is 0.260 e.